The second-order valence-corrected chi connectivity index (χ2v) is 4.11. The summed E-state index contributed by atoms with van der Waals surface area (Å²) in [4.78, 5) is 0. The Balaban J connectivity index is 2.28. The Bertz CT molecular complexity index is 350. The topological polar surface area (TPSA) is 64.1 Å². The molecule has 1 aromatic rings. The van der Waals surface area contributed by atoms with Gasteiger partial charge in [-0.3, -0.25) is 11.3 Å². The fraction of sp³-hybridized carbons (Fsp3) is 0.455. The zero-order chi connectivity index (χ0) is 10.8. The number of nitrogens with one attached hydrogen (secondary N) is 1. The molecule has 82 valence electrons. The lowest BCUT2D eigenvalue weighted by molar-refractivity contribution is 0.232. The molecule has 5 N–H and O–H groups in total. The minimum absolute atomic E-state index is 0.0190. The molecule has 2 rings (SSSR count). The van der Waals surface area contributed by atoms with Crippen molar-refractivity contribution >= 4 is 5.69 Å². The Morgan fingerprint density at radius 3 is 2.67 bits per heavy atom. The maximum atomic E-state index is 13.1. The van der Waals surface area contributed by atoms with Gasteiger partial charge in [0.25, 0.3) is 0 Å². The number of halogens is 1. The standard InChI is InChI=1S/C11H16FN3/c12-8-4-5-10(13)9(6-8)11(15-14)7-2-1-3-7/h4-7,11,15H,1-3,13-14H2. The molecule has 1 aliphatic rings. The highest BCUT2D eigenvalue weighted by Crippen LogP contribution is 2.39. The van der Waals surface area contributed by atoms with Gasteiger partial charge >= 0.3 is 0 Å². The third-order valence-corrected chi connectivity index (χ3v) is 3.18. The molecule has 1 atom stereocenters. The first-order valence-corrected chi connectivity index (χ1v) is 5.23. The maximum absolute atomic E-state index is 13.1. The van der Waals surface area contributed by atoms with Crippen LogP contribution in [0.25, 0.3) is 0 Å². The van der Waals surface area contributed by atoms with Crippen molar-refractivity contribution in [2.45, 2.75) is 25.3 Å². The van der Waals surface area contributed by atoms with Gasteiger partial charge in [-0.1, -0.05) is 6.42 Å². The third kappa shape index (κ3) is 1.96. The third-order valence-electron chi connectivity index (χ3n) is 3.18. The van der Waals surface area contributed by atoms with E-state index in [1.807, 2.05) is 0 Å². The molecule has 0 amide bonds. The molecule has 1 unspecified atom stereocenters. The van der Waals surface area contributed by atoms with Gasteiger partial charge in [0, 0.05) is 5.69 Å². The van der Waals surface area contributed by atoms with Crippen LogP contribution in [0.1, 0.15) is 30.9 Å². The summed E-state index contributed by atoms with van der Waals surface area (Å²) in [7, 11) is 0. The molecule has 15 heavy (non-hydrogen) atoms. The largest absolute Gasteiger partial charge is 0.398 e. The van der Waals surface area contributed by atoms with Crippen molar-refractivity contribution < 1.29 is 4.39 Å². The number of nitrogen functional groups attached to an aromatic ring is 1. The van der Waals surface area contributed by atoms with E-state index in [0.717, 1.165) is 18.4 Å². The summed E-state index contributed by atoms with van der Waals surface area (Å²) in [6.45, 7) is 0. The number of benzene rings is 1. The lowest BCUT2D eigenvalue weighted by atomic mass is 9.77. The molecular formula is C11H16FN3. The molecule has 1 fully saturated rings. The molecule has 0 bridgehead atoms. The summed E-state index contributed by atoms with van der Waals surface area (Å²) in [6, 6.07) is 4.41. The number of hydrogen-bond donors (Lipinski definition) is 3. The predicted molar refractivity (Wildman–Crippen MR) is 58.2 cm³/mol. The molecule has 1 aromatic carbocycles. The molecule has 0 radical (unpaired) electrons. The zero-order valence-electron chi connectivity index (χ0n) is 8.54. The normalized spacial score (nSPS) is 18.5. The van der Waals surface area contributed by atoms with Crippen molar-refractivity contribution in [3.63, 3.8) is 0 Å². The van der Waals surface area contributed by atoms with E-state index >= 15 is 0 Å². The Morgan fingerprint density at radius 1 is 1.40 bits per heavy atom. The Morgan fingerprint density at radius 2 is 2.13 bits per heavy atom. The predicted octanol–water partition coefficient (Wildman–Crippen LogP) is 1.71. The summed E-state index contributed by atoms with van der Waals surface area (Å²) in [6.07, 6.45) is 3.48. The Hall–Kier alpha value is -1.13. The monoisotopic (exact) mass is 209 g/mol. The Kier molecular flexibility index (Phi) is 2.88. The van der Waals surface area contributed by atoms with E-state index in [0.29, 0.717) is 11.6 Å². The molecular weight excluding hydrogens is 193 g/mol. The molecule has 3 nitrogen and oxygen atoms in total. The van der Waals surface area contributed by atoms with Crippen LogP contribution in [0.5, 0.6) is 0 Å². The van der Waals surface area contributed by atoms with Gasteiger partial charge in [-0.15, -0.1) is 0 Å². The van der Waals surface area contributed by atoms with Gasteiger partial charge in [-0.25, -0.2) is 4.39 Å². The minimum Gasteiger partial charge on any atom is -0.398 e. The number of rotatable bonds is 3. The van der Waals surface area contributed by atoms with Crippen LogP contribution >= 0.6 is 0 Å². The molecule has 4 heteroatoms. The van der Waals surface area contributed by atoms with Crippen LogP contribution in [-0.2, 0) is 0 Å². The summed E-state index contributed by atoms with van der Waals surface area (Å²) in [5.41, 5.74) is 9.94. The number of nitrogens with two attached hydrogens (primary N) is 2. The van der Waals surface area contributed by atoms with E-state index in [1.54, 1.807) is 6.07 Å². The second kappa shape index (κ2) is 4.16. The fourth-order valence-corrected chi connectivity index (χ4v) is 2.07. The lowest BCUT2D eigenvalue weighted by Gasteiger charge is -2.34. The lowest BCUT2D eigenvalue weighted by Crippen LogP contribution is -2.36. The number of hydrazine groups is 1. The summed E-state index contributed by atoms with van der Waals surface area (Å²) in [5, 5.41) is 0. The van der Waals surface area contributed by atoms with Crippen LogP contribution in [0.2, 0.25) is 0 Å². The maximum Gasteiger partial charge on any atom is 0.123 e. The summed E-state index contributed by atoms with van der Waals surface area (Å²) >= 11 is 0. The zero-order valence-corrected chi connectivity index (χ0v) is 8.54. The minimum atomic E-state index is -0.265. The van der Waals surface area contributed by atoms with E-state index in [4.69, 9.17) is 11.6 Å². The van der Waals surface area contributed by atoms with Crippen molar-refractivity contribution in [1.29, 1.82) is 0 Å². The summed E-state index contributed by atoms with van der Waals surface area (Å²) < 4.78 is 13.1. The van der Waals surface area contributed by atoms with E-state index < -0.39 is 0 Å². The molecule has 0 saturated heterocycles. The van der Waals surface area contributed by atoms with Crippen molar-refractivity contribution in [3.05, 3.63) is 29.6 Å². The number of anilines is 1. The van der Waals surface area contributed by atoms with E-state index in [1.165, 1.54) is 18.6 Å². The van der Waals surface area contributed by atoms with Gasteiger partial charge in [-0.05, 0) is 42.5 Å². The van der Waals surface area contributed by atoms with Crippen molar-refractivity contribution in [2.75, 3.05) is 5.73 Å². The Labute approximate surface area is 88.6 Å². The van der Waals surface area contributed by atoms with Gasteiger partial charge in [0.2, 0.25) is 0 Å². The van der Waals surface area contributed by atoms with Crippen LogP contribution in [-0.4, -0.2) is 0 Å². The van der Waals surface area contributed by atoms with Gasteiger partial charge in [0.05, 0.1) is 6.04 Å². The molecule has 0 aliphatic heterocycles. The summed E-state index contributed by atoms with van der Waals surface area (Å²) in [5.74, 6) is 5.73. The van der Waals surface area contributed by atoms with Gasteiger partial charge < -0.3 is 5.73 Å². The average molecular weight is 209 g/mol. The smallest absolute Gasteiger partial charge is 0.123 e. The van der Waals surface area contributed by atoms with E-state index in [9.17, 15) is 4.39 Å². The quantitative estimate of drug-likeness (QED) is 0.403. The van der Waals surface area contributed by atoms with Crippen LogP contribution < -0.4 is 17.0 Å². The van der Waals surface area contributed by atoms with Gasteiger partial charge in [0.1, 0.15) is 5.82 Å². The molecule has 0 aromatic heterocycles. The molecule has 1 saturated carbocycles. The molecule has 0 heterocycles. The van der Waals surface area contributed by atoms with Crippen LogP contribution in [0.15, 0.2) is 18.2 Å². The first kappa shape index (κ1) is 10.4. The van der Waals surface area contributed by atoms with E-state index in [-0.39, 0.29) is 11.9 Å². The fourth-order valence-electron chi connectivity index (χ4n) is 2.07. The van der Waals surface area contributed by atoms with E-state index in [2.05, 4.69) is 5.43 Å². The van der Waals surface area contributed by atoms with Crippen LogP contribution in [0, 0.1) is 11.7 Å². The van der Waals surface area contributed by atoms with Crippen LogP contribution in [0.4, 0.5) is 10.1 Å². The van der Waals surface area contributed by atoms with Crippen LogP contribution in [0.3, 0.4) is 0 Å². The highest BCUT2D eigenvalue weighted by Gasteiger charge is 2.28. The molecule has 0 spiro atoms. The average Bonchev–Trinajstić information content (AvgIpc) is 2.15. The SMILES string of the molecule is NNC(c1cc(F)ccc1N)C1CCC1. The van der Waals surface area contributed by atoms with Crippen molar-refractivity contribution in [3.8, 4) is 0 Å². The highest BCUT2D eigenvalue weighted by molar-refractivity contribution is 5.48. The highest BCUT2D eigenvalue weighted by atomic mass is 19.1. The first-order valence-electron chi connectivity index (χ1n) is 5.23. The second-order valence-electron chi connectivity index (χ2n) is 4.11. The van der Waals surface area contributed by atoms with Crippen molar-refractivity contribution in [1.82, 2.24) is 5.43 Å². The molecule has 1 aliphatic carbocycles. The van der Waals surface area contributed by atoms with Gasteiger partial charge in [-0.2, -0.15) is 0 Å². The van der Waals surface area contributed by atoms with Gasteiger partial charge in [0.15, 0.2) is 0 Å². The van der Waals surface area contributed by atoms with Crippen molar-refractivity contribution in [2.24, 2.45) is 11.8 Å². The first-order chi connectivity index (χ1) is 7.22. The number of hydrogen-bond acceptors (Lipinski definition) is 3.